The Kier molecular flexibility index (Phi) is 5.98. The molecule has 152 valence electrons. The molecule has 0 bridgehead atoms. The number of hydrogen-bond acceptors (Lipinski definition) is 4. The molecule has 3 N–H and O–H groups in total. The van der Waals surface area contributed by atoms with Crippen LogP contribution in [0.15, 0.2) is 54.6 Å². The number of hydrogen-bond donors (Lipinski definition) is 3. The summed E-state index contributed by atoms with van der Waals surface area (Å²) in [6, 6.07) is 11.4. The zero-order valence-corrected chi connectivity index (χ0v) is 18.1. The summed E-state index contributed by atoms with van der Waals surface area (Å²) in [7, 11) is -5.11. The minimum Gasteiger partial charge on any atom is -0.508 e. The number of aromatic hydroxyl groups is 2. The van der Waals surface area contributed by atoms with Crippen LogP contribution in [0.2, 0.25) is 20.1 Å². The third kappa shape index (κ3) is 3.65. The number of rotatable bonds is 4. The van der Waals surface area contributed by atoms with Gasteiger partial charge >= 0.3 is 0 Å². The maximum absolute atomic E-state index is 13.0. The summed E-state index contributed by atoms with van der Waals surface area (Å²) in [6.07, 6.45) is 0. The highest BCUT2D eigenvalue weighted by atomic mass is 35.5. The van der Waals surface area contributed by atoms with Gasteiger partial charge in [0.25, 0.3) is 10.1 Å². The summed E-state index contributed by atoms with van der Waals surface area (Å²) in [5, 5.41) is 20.2. The van der Waals surface area contributed by atoms with Crippen molar-refractivity contribution in [1.29, 1.82) is 0 Å². The van der Waals surface area contributed by atoms with E-state index in [0.29, 0.717) is 0 Å². The van der Waals surface area contributed by atoms with Gasteiger partial charge in [-0.3, -0.25) is 4.55 Å². The van der Waals surface area contributed by atoms with Gasteiger partial charge in [0.1, 0.15) is 11.5 Å². The van der Waals surface area contributed by atoms with E-state index in [4.69, 9.17) is 46.4 Å². The van der Waals surface area contributed by atoms with Crippen molar-refractivity contribution in [3.8, 4) is 11.5 Å². The van der Waals surface area contributed by atoms with Gasteiger partial charge in [-0.05, 0) is 42.0 Å². The first-order valence-electron chi connectivity index (χ1n) is 7.89. The molecule has 0 saturated carbocycles. The van der Waals surface area contributed by atoms with Crippen LogP contribution >= 0.6 is 46.4 Å². The largest absolute Gasteiger partial charge is 0.508 e. The minimum atomic E-state index is -5.11. The van der Waals surface area contributed by atoms with Gasteiger partial charge in [-0.15, -0.1) is 0 Å². The fourth-order valence-electron chi connectivity index (χ4n) is 3.20. The lowest BCUT2D eigenvalue weighted by Crippen LogP contribution is -2.38. The molecule has 1 atom stereocenters. The van der Waals surface area contributed by atoms with Crippen LogP contribution in [0.4, 0.5) is 0 Å². The molecule has 0 heterocycles. The normalized spacial score (nSPS) is 13.8. The highest BCUT2D eigenvalue weighted by Crippen LogP contribution is 2.51. The van der Waals surface area contributed by atoms with Crippen LogP contribution in [0.3, 0.4) is 0 Å². The summed E-state index contributed by atoms with van der Waals surface area (Å²) in [5.41, 5.74) is -0.601. The molecule has 3 rings (SSSR count). The predicted molar refractivity (Wildman–Crippen MR) is 114 cm³/mol. The van der Waals surface area contributed by atoms with E-state index in [-0.39, 0.29) is 42.5 Å². The highest BCUT2D eigenvalue weighted by Gasteiger charge is 2.51. The molecule has 0 aliphatic carbocycles. The Bertz CT molecular complexity index is 1190. The first kappa shape index (κ1) is 22.0. The fraction of sp³-hybridized carbons (Fsp3) is 0.0526. The Balaban J connectivity index is 2.63. The molecular formula is C19H12Cl4O5S. The van der Waals surface area contributed by atoms with Crippen LogP contribution in [0.5, 0.6) is 11.5 Å². The Morgan fingerprint density at radius 3 is 1.90 bits per heavy atom. The van der Waals surface area contributed by atoms with Gasteiger partial charge in [-0.25, -0.2) is 0 Å². The van der Waals surface area contributed by atoms with Crippen molar-refractivity contribution >= 4 is 56.5 Å². The lowest BCUT2D eigenvalue weighted by Gasteiger charge is -2.34. The first-order valence-corrected chi connectivity index (χ1v) is 10.8. The van der Waals surface area contributed by atoms with Crippen LogP contribution < -0.4 is 0 Å². The fourth-order valence-corrected chi connectivity index (χ4v) is 5.42. The molecule has 0 fully saturated rings. The Labute approximate surface area is 186 Å². The summed E-state index contributed by atoms with van der Waals surface area (Å²) < 4.78 is 33.9. The average Bonchev–Trinajstić information content (AvgIpc) is 2.63. The van der Waals surface area contributed by atoms with E-state index in [9.17, 15) is 23.2 Å². The van der Waals surface area contributed by atoms with Gasteiger partial charge in [0.05, 0.1) is 15.1 Å². The quantitative estimate of drug-likeness (QED) is 0.239. The zero-order chi connectivity index (χ0) is 21.6. The van der Waals surface area contributed by atoms with E-state index in [1.807, 2.05) is 0 Å². The van der Waals surface area contributed by atoms with E-state index in [2.05, 4.69) is 0 Å². The van der Waals surface area contributed by atoms with Crippen LogP contribution in [0.25, 0.3) is 0 Å². The van der Waals surface area contributed by atoms with Gasteiger partial charge in [0, 0.05) is 16.1 Å². The van der Waals surface area contributed by atoms with Crippen molar-refractivity contribution in [3.05, 3.63) is 91.4 Å². The first-order chi connectivity index (χ1) is 13.5. The van der Waals surface area contributed by atoms with Crippen molar-refractivity contribution in [3.63, 3.8) is 0 Å². The average molecular weight is 494 g/mol. The topological polar surface area (TPSA) is 94.8 Å². The maximum atomic E-state index is 13.0. The van der Waals surface area contributed by atoms with Crippen molar-refractivity contribution in [2.75, 3.05) is 0 Å². The zero-order valence-electron chi connectivity index (χ0n) is 14.3. The minimum absolute atomic E-state index is 0.0272. The smallest absolute Gasteiger partial charge is 0.283 e. The van der Waals surface area contributed by atoms with Crippen molar-refractivity contribution in [1.82, 2.24) is 0 Å². The number of benzene rings is 3. The molecule has 0 aliphatic rings. The van der Waals surface area contributed by atoms with Crippen LogP contribution in [0.1, 0.15) is 16.7 Å². The molecule has 0 aliphatic heterocycles. The van der Waals surface area contributed by atoms with Gasteiger partial charge < -0.3 is 10.2 Å². The predicted octanol–water partition coefficient (Wildman–Crippen LogP) is 5.89. The molecule has 0 amide bonds. The molecular weight excluding hydrogens is 482 g/mol. The standard InChI is InChI=1S/C19H12Cl4O5S/c20-14-6-5-11(24)9-13(14)19(29(26,27)28,12-3-1-2-4-17(12)25)10-7-15(21)18(23)16(22)8-10/h1-9,24-25H,(H,26,27,28). The van der Waals surface area contributed by atoms with Gasteiger partial charge in [0.2, 0.25) is 0 Å². The molecule has 10 heteroatoms. The third-order valence-electron chi connectivity index (χ3n) is 4.39. The monoisotopic (exact) mass is 492 g/mol. The Hall–Kier alpha value is -1.67. The molecule has 29 heavy (non-hydrogen) atoms. The second-order valence-corrected chi connectivity index (χ2v) is 9.25. The third-order valence-corrected chi connectivity index (χ3v) is 7.37. The van der Waals surface area contributed by atoms with Crippen molar-refractivity contribution < 1.29 is 23.2 Å². The van der Waals surface area contributed by atoms with Crippen LogP contribution in [-0.2, 0) is 14.9 Å². The van der Waals surface area contributed by atoms with Gasteiger partial charge in [-0.1, -0.05) is 64.6 Å². The molecule has 0 radical (unpaired) electrons. The molecule has 1 unspecified atom stereocenters. The van der Waals surface area contributed by atoms with Crippen molar-refractivity contribution in [2.45, 2.75) is 4.75 Å². The van der Waals surface area contributed by atoms with Gasteiger partial charge in [-0.2, -0.15) is 8.42 Å². The van der Waals surface area contributed by atoms with E-state index in [0.717, 1.165) is 6.07 Å². The summed E-state index contributed by atoms with van der Waals surface area (Å²) in [5.74, 6) is -0.772. The molecule has 0 saturated heterocycles. The number of para-hydroxylation sites is 1. The lowest BCUT2D eigenvalue weighted by molar-refractivity contribution is 0.439. The van der Waals surface area contributed by atoms with E-state index in [1.165, 1.54) is 48.5 Å². The number of phenolic OH excluding ortho intramolecular Hbond substituents is 2. The maximum Gasteiger partial charge on any atom is 0.283 e. The SMILES string of the molecule is O=S(=O)(O)C(c1cc(Cl)c(Cl)c(Cl)c1)(c1ccccc1O)c1cc(O)ccc1Cl. The molecule has 3 aromatic rings. The lowest BCUT2D eigenvalue weighted by atomic mass is 9.83. The summed E-state index contributed by atoms with van der Waals surface area (Å²) in [4.78, 5) is 0. The molecule has 5 nitrogen and oxygen atoms in total. The Morgan fingerprint density at radius 2 is 1.34 bits per heavy atom. The van der Waals surface area contributed by atoms with E-state index < -0.39 is 20.6 Å². The van der Waals surface area contributed by atoms with Crippen LogP contribution in [-0.4, -0.2) is 23.2 Å². The molecule has 3 aromatic carbocycles. The number of phenols is 2. The second kappa shape index (κ2) is 7.87. The molecule has 0 aromatic heterocycles. The highest BCUT2D eigenvalue weighted by molar-refractivity contribution is 7.87. The Morgan fingerprint density at radius 1 is 0.759 bits per heavy atom. The van der Waals surface area contributed by atoms with E-state index >= 15 is 0 Å². The number of halogens is 4. The molecule has 0 spiro atoms. The second-order valence-electron chi connectivity index (χ2n) is 6.09. The van der Waals surface area contributed by atoms with E-state index in [1.54, 1.807) is 0 Å². The van der Waals surface area contributed by atoms with Crippen molar-refractivity contribution in [2.24, 2.45) is 0 Å². The van der Waals surface area contributed by atoms with Crippen LogP contribution in [0, 0.1) is 0 Å². The van der Waals surface area contributed by atoms with Gasteiger partial charge in [0.15, 0.2) is 4.75 Å². The summed E-state index contributed by atoms with van der Waals surface area (Å²) in [6.45, 7) is 0. The summed E-state index contributed by atoms with van der Waals surface area (Å²) >= 11 is 24.5.